The lowest BCUT2D eigenvalue weighted by molar-refractivity contribution is -0.137. The highest BCUT2D eigenvalue weighted by molar-refractivity contribution is 5.90. The van der Waals surface area contributed by atoms with E-state index < -0.39 is 24.3 Å². The van der Waals surface area contributed by atoms with Gasteiger partial charge < -0.3 is 39.9 Å². The molecule has 0 unspecified atom stereocenters. The van der Waals surface area contributed by atoms with E-state index in [1.807, 2.05) is 16.0 Å². The summed E-state index contributed by atoms with van der Waals surface area (Å²) in [4.78, 5) is 76.3. The number of hydrogen-bond acceptors (Lipinski definition) is 8. The molecule has 2 saturated heterocycles. The fourth-order valence-electron chi connectivity index (χ4n) is 16.9. The van der Waals surface area contributed by atoms with Gasteiger partial charge in [-0.3, -0.25) is 9.59 Å². The van der Waals surface area contributed by atoms with Gasteiger partial charge in [-0.15, -0.1) is 0 Å². The van der Waals surface area contributed by atoms with Crippen molar-refractivity contribution in [1.82, 2.24) is 40.4 Å². The second-order valence-corrected chi connectivity index (χ2v) is 26.7. The molecular weight excluding hydrogens is 1010 g/mol. The molecule has 81 heavy (non-hydrogen) atoms. The number of likely N-dealkylation sites (tertiary alicyclic amines) is 2. The number of methoxy groups -OCH3 is 2. The Balaban J connectivity index is 0.863. The Morgan fingerprint density at radius 1 is 0.654 bits per heavy atom. The van der Waals surface area contributed by atoms with Gasteiger partial charge in [-0.2, -0.15) is 0 Å². The van der Waals surface area contributed by atoms with Gasteiger partial charge in [-0.25, -0.2) is 19.6 Å². The van der Waals surface area contributed by atoms with Crippen LogP contribution in [0.15, 0.2) is 60.8 Å². The van der Waals surface area contributed by atoms with Crippen molar-refractivity contribution >= 4 is 46.2 Å². The summed E-state index contributed by atoms with van der Waals surface area (Å²) in [5.74, 6) is 2.28. The van der Waals surface area contributed by atoms with E-state index in [2.05, 4.69) is 76.9 Å². The zero-order valence-electron chi connectivity index (χ0n) is 48.8. The zero-order valence-corrected chi connectivity index (χ0v) is 48.8. The van der Waals surface area contributed by atoms with E-state index in [0.717, 1.165) is 138 Å². The first-order chi connectivity index (χ1) is 39.3. The van der Waals surface area contributed by atoms with Crippen LogP contribution in [0.3, 0.4) is 0 Å². The van der Waals surface area contributed by atoms with Gasteiger partial charge in [-0.05, 0) is 187 Å². The molecule has 2 aliphatic heterocycles. The summed E-state index contributed by atoms with van der Waals surface area (Å²) in [6.45, 7) is 10.6. The van der Waals surface area contributed by atoms with Gasteiger partial charge >= 0.3 is 12.2 Å². The Hall–Kier alpha value is -6.18. The molecule has 14 nitrogen and oxygen atoms in total. The molecule has 4 amide bonds. The van der Waals surface area contributed by atoms with Crippen LogP contribution in [0.2, 0.25) is 0 Å². The molecule has 12 rings (SSSR count). The van der Waals surface area contributed by atoms with Gasteiger partial charge in [0.15, 0.2) is 0 Å². The second kappa shape index (κ2) is 23.2. The van der Waals surface area contributed by atoms with Gasteiger partial charge in [0, 0.05) is 13.1 Å². The fourth-order valence-corrected chi connectivity index (χ4v) is 16.9. The number of nitrogens with one attached hydrogen (secondary N) is 4. The van der Waals surface area contributed by atoms with E-state index in [0.29, 0.717) is 13.1 Å². The van der Waals surface area contributed by atoms with Crippen LogP contribution in [0.5, 0.6) is 0 Å². The summed E-state index contributed by atoms with van der Waals surface area (Å²) >= 11 is 0. The minimum atomic E-state index is -0.623. The smallest absolute Gasteiger partial charge is 0.407 e. The lowest BCUT2D eigenvalue weighted by atomic mass is 9.74. The van der Waals surface area contributed by atoms with Crippen molar-refractivity contribution in [3.8, 4) is 11.1 Å². The number of amides is 4. The summed E-state index contributed by atoms with van der Waals surface area (Å²) in [5, 5.41) is 5.92. The Bertz CT molecular complexity index is 3090. The van der Waals surface area contributed by atoms with Crippen LogP contribution in [-0.2, 0) is 31.9 Å². The maximum atomic E-state index is 14.6. The summed E-state index contributed by atoms with van der Waals surface area (Å²) < 4.78 is 10.1. The van der Waals surface area contributed by atoms with Crippen LogP contribution in [0.4, 0.5) is 9.59 Å². The van der Waals surface area contributed by atoms with Gasteiger partial charge in [0.25, 0.3) is 0 Å². The van der Waals surface area contributed by atoms with Crippen molar-refractivity contribution in [1.29, 1.82) is 0 Å². The molecule has 6 aliphatic carbocycles. The third kappa shape index (κ3) is 11.1. The van der Waals surface area contributed by atoms with Crippen molar-refractivity contribution in [3.05, 3.63) is 94.9 Å². The number of rotatable bonds is 11. The highest BCUT2D eigenvalue weighted by atomic mass is 16.5. The molecule has 432 valence electrons. The van der Waals surface area contributed by atoms with E-state index in [1.54, 1.807) is 0 Å². The van der Waals surface area contributed by atoms with Crippen LogP contribution < -0.4 is 10.6 Å². The third-order valence-electron chi connectivity index (χ3n) is 21.2. The van der Waals surface area contributed by atoms with Crippen LogP contribution in [-0.4, -0.2) is 93.1 Å². The van der Waals surface area contributed by atoms with Crippen LogP contribution in [0, 0.1) is 34.5 Å². The lowest BCUT2D eigenvalue weighted by Gasteiger charge is -2.34. The minimum Gasteiger partial charge on any atom is -0.453 e. The maximum Gasteiger partial charge on any atom is 0.407 e. The maximum absolute atomic E-state index is 14.6. The second-order valence-electron chi connectivity index (χ2n) is 26.7. The Labute approximate surface area is 479 Å². The van der Waals surface area contributed by atoms with E-state index in [1.165, 1.54) is 110 Å². The monoisotopic (exact) mass is 1100 g/mol. The molecule has 0 bridgehead atoms. The molecule has 0 radical (unpaired) electrons. The van der Waals surface area contributed by atoms with Crippen molar-refractivity contribution in [3.63, 3.8) is 0 Å². The Morgan fingerprint density at radius 3 is 1.80 bits per heavy atom. The number of hydrogen-bond donors (Lipinski definition) is 4. The first kappa shape index (κ1) is 55.4. The van der Waals surface area contributed by atoms with Crippen molar-refractivity contribution < 1.29 is 28.7 Å². The van der Waals surface area contributed by atoms with Gasteiger partial charge in [-0.1, -0.05) is 115 Å². The number of aromatic amines is 2. The summed E-state index contributed by atoms with van der Waals surface area (Å²) in [7, 11) is 2.73. The number of fused-ring (bicyclic) bond motifs is 2. The molecular formula is C67H88N8O6. The molecule has 8 aliphatic rings. The number of alkyl carbamates (subject to hydrolysis) is 2. The number of carbonyl (C=O) groups is 4. The number of H-pyrrole nitrogens is 2. The molecule has 2 spiro atoms. The highest BCUT2D eigenvalue weighted by Gasteiger charge is 2.46. The predicted octanol–water partition coefficient (Wildman–Crippen LogP) is 13.8. The quantitative estimate of drug-likeness (QED) is 0.115. The standard InChI is InChI=1S/C67H88N8O6/c1-41-32-56(74(39-41)62(76)58(72-64(78)80-4)45-16-8-6-9-17-45)60-68-38-55(71-60)44-20-22-48(43(3)35-66(31-26-44)27-12-13-28-66)50-24-23-49(51-36-67(37-52(50)51)29-14-15-30-67)47-21-25-53-54(34-47)70-61(69-53)57-33-42(2)40-75(57)63(77)59(73-65(79)81-5)46-18-10-7-11-19-46/h20-25,34,38,41-42,45-46,56-59H,3,6-19,26-33,35-37,39-40H2,1-2,4-5H3,(H,68,71)(H,69,70)(H,72,78)(H,73,79)/b44-20+,48-22+/t41-,42-,56-,57-,58-,59-/m0/s1. The average Bonchev–Trinajstić information content (AvgIpc) is 4.56. The number of allylic oxidation sites excluding steroid dienone is 5. The summed E-state index contributed by atoms with van der Waals surface area (Å²) in [5.41, 5.74) is 13.7. The Kier molecular flexibility index (Phi) is 15.9. The van der Waals surface area contributed by atoms with E-state index in [-0.39, 0.29) is 58.4 Å². The first-order valence-electron chi connectivity index (χ1n) is 31.4. The molecule has 6 atom stereocenters. The molecule has 6 fully saturated rings. The molecule has 14 heteroatoms. The van der Waals surface area contributed by atoms with Crippen molar-refractivity contribution in [2.45, 2.75) is 199 Å². The molecule has 4 N–H and O–H groups in total. The van der Waals surface area contributed by atoms with Crippen LogP contribution in [0.25, 0.3) is 33.3 Å². The molecule has 4 saturated carbocycles. The number of benzene rings is 2. The van der Waals surface area contributed by atoms with Crippen LogP contribution in [0.1, 0.15) is 208 Å². The van der Waals surface area contributed by atoms with E-state index in [4.69, 9.17) is 26.0 Å². The number of nitrogens with zero attached hydrogens (tertiary/aromatic N) is 4. The number of carbonyl (C=O) groups excluding carboxylic acids is 4. The number of aromatic nitrogens is 4. The van der Waals surface area contributed by atoms with Crippen molar-refractivity contribution in [2.75, 3.05) is 27.3 Å². The minimum absolute atomic E-state index is 0.0319. The molecule has 2 aromatic carbocycles. The average molecular weight is 1100 g/mol. The largest absolute Gasteiger partial charge is 0.453 e. The third-order valence-corrected chi connectivity index (χ3v) is 21.2. The van der Waals surface area contributed by atoms with Gasteiger partial charge in [0.2, 0.25) is 11.8 Å². The van der Waals surface area contributed by atoms with Crippen molar-refractivity contribution in [2.24, 2.45) is 34.5 Å². The summed E-state index contributed by atoms with van der Waals surface area (Å²) in [6.07, 6.45) is 32.5. The number of ether oxygens (including phenoxy) is 2. The normalized spacial score (nSPS) is 27.0. The van der Waals surface area contributed by atoms with Crippen LogP contribution >= 0.6 is 0 Å². The molecule has 2 aromatic heterocycles. The molecule has 4 heterocycles. The Morgan fingerprint density at radius 2 is 1.21 bits per heavy atom. The van der Waals surface area contributed by atoms with Gasteiger partial charge in [0.1, 0.15) is 23.7 Å². The lowest BCUT2D eigenvalue weighted by Crippen LogP contribution is -2.52. The summed E-state index contributed by atoms with van der Waals surface area (Å²) in [6, 6.07) is 9.78. The van der Waals surface area contributed by atoms with Gasteiger partial charge in [0.05, 0.1) is 49.2 Å². The fraction of sp³-hybridized carbons (Fsp3) is 0.612. The first-order valence-corrected chi connectivity index (χ1v) is 31.4. The molecule has 4 aromatic rings. The SMILES string of the molecule is C=C1CC2(CCCC2)CC/C(c2cnc([C@@H]3C[C@H](C)CN3C(=O)[C@@H](NC(=O)OC)C3CCCCC3)[nH]2)=C\C=C/1c1ccc(-c2ccc3nc([C@@H]4C[C@H](C)CN4C(=O)[C@@H](NC(=O)OC)C4CCCCC4)[nH]c3c2)c2c1CC1(CCCC1)C2. The zero-order chi connectivity index (χ0) is 56.0. The van der Waals surface area contributed by atoms with E-state index in [9.17, 15) is 19.2 Å². The highest BCUT2D eigenvalue weighted by Crippen LogP contribution is 2.55. The predicted molar refractivity (Wildman–Crippen MR) is 317 cm³/mol. The topological polar surface area (TPSA) is 175 Å². The number of imidazole rings is 2. The van der Waals surface area contributed by atoms with E-state index >= 15 is 0 Å².